The molecule has 2 rings (SSSR count). The number of ether oxygens (including phenoxy) is 1. The Balaban J connectivity index is 1.98. The largest absolute Gasteiger partial charge is 0.449 e. The summed E-state index contributed by atoms with van der Waals surface area (Å²) in [6, 6.07) is 14.4. The average molecular weight is 297 g/mol. The zero-order valence-electron chi connectivity index (χ0n) is 12.9. The Hall–Kier alpha value is -2.62. The molecule has 0 radical (unpaired) electrons. The molecule has 1 N–H and O–H groups in total. The molecule has 114 valence electrons. The Morgan fingerprint density at radius 3 is 2.32 bits per heavy atom. The van der Waals surface area contributed by atoms with Gasteiger partial charge in [0.05, 0.1) is 5.56 Å². The molecule has 0 aromatic heterocycles. The lowest BCUT2D eigenvalue weighted by atomic mass is 10.1. The quantitative estimate of drug-likeness (QED) is 0.879. The zero-order valence-corrected chi connectivity index (χ0v) is 12.9. The molecule has 22 heavy (non-hydrogen) atoms. The first-order valence-electron chi connectivity index (χ1n) is 7.11. The van der Waals surface area contributed by atoms with Gasteiger partial charge in [0.2, 0.25) is 0 Å². The van der Waals surface area contributed by atoms with E-state index in [2.05, 4.69) is 5.32 Å². The van der Waals surface area contributed by atoms with Gasteiger partial charge in [-0.2, -0.15) is 0 Å². The summed E-state index contributed by atoms with van der Waals surface area (Å²) in [5.74, 6) is -0.859. The van der Waals surface area contributed by atoms with Crippen molar-refractivity contribution in [1.29, 1.82) is 0 Å². The summed E-state index contributed by atoms with van der Waals surface area (Å²) in [5.41, 5.74) is 3.23. The van der Waals surface area contributed by atoms with Gasteiger partial charge in [-0.3, -0.25) is 4.79 Å². The van der Waals surface area contributed by atoms with E-state index in [1.165, 1.54) is 0 Å². The van der Waals surface area contributed by atoms with E-state index < -0.39 is 12.1 Å². The average Bonchev–Trinajstić information content (AvgIpc) is 2.50. The third kappa shape index (κ3) is 3.95. The van der Waals surface area contributed by atoms with Gasteiger partial charge in [-0.25, -0.2) is 4.79 Å². The summed E-state index contributed by atoms with van der Waals surface area (Å²) in [7, 11) is 0. The molecule has 1 amide bonds. The van der Waals surface area contributed by atoms with E-state index in [9.17, 15) is 9.59 Å². The number of carbonyl (C=O) groups is 2. The number of aryl methyl sites for hydroxylation is 2. The zero-order chi connectivity index (χ0) is 16.1. The van der Waals surface area contributed by atoms with Crippen LogP contribution in [0.25, 0.3) is 0 Å². The van der Waals surface area contributed by atoms with Gasteiger partial charge in [-0.1, -0.05) is 24.3 Å². The lowest BCUT2D eigenvalue weighted by molar-refractivity contribution is -0.123. The third-order valence-corrected chi connectivity index (χ3v) is 3.44. The van der Waals surface area contributed by atoms with Crippen molar-refractivity contribution in [3.63, 3.8) is 0 Å². The monoisotopic (exact) mass is 297 g/mol. The van der Waals surface area contributed by atoms with Crippen molar-refractivity contribution >= 4 is 17.6 Å². The molecule has 0 spiro atoms. The van der Waals surface area contributed by atoms with Crippen LogP contribution in [0, 0.1) is 13.8 Å². The Labute approximate surface area is 130 Å². The fourth-order valence-electron chi connectivity index (χ4n) is 1.92. The van der Waals surface area contributed by atoms with Crippen molar-refractivity contribution in [3.05, 3.63) is 65.2 Å². The van der Waals surface area contributed by atoms with Crippen LogP contribution in [0.4, 0.5) is 5.69 Å². The second-order valence-electron chi connectivity index (χ2n) is 5.20. The molecule has 0 aliphatic heterocycles. The lowest BCUT2D eigenvalue weighted by Gasteiger charge is -2.14. The van der Waals surface area contributed by atoms with Crippen LogP contribution in [0.15, 0.2) is 48.5 Å². The molecule has 4 nitrogen and oxygen atoms in total. The van der Waals surface area contributed by atoms with Crippen molar-refractivity contribution in [2.75, 3.05) is 5.32 Å². The van der Waals surface area contributed by atoms with Crippen LogP contribution in [-0.4, -0.2) is 18.0 Å². The number of anilines is 1. The lowest BCUT2D eigenvalue weighted by Crippen LogP contribution is -2.30. The highest BCUT2D eigenvalue weighted by Gasteiger charge is 2.19. The summed E-state index contributed by atoms with van der Waals surface area (Å²) in [4.78, 5) is 24.1. The molecule has 0 fully saturated rings. The number of carbonyl (C=O) groups excluding carboxylic acids is 2. The number of amides is 1. The van der Waals surface area contributed by atoms with Crippen molar-refractivity contribution in [1.82, 2.24) is 0 Å². The molecule has 2 aromatic rings. The third-order valence-electron chi connectivity index (χ3n) is 3.44. The maximum atomic E-state index is 12.1. The van der Waals surface area contributed by atoms with E-state index in [1.807, 2.05) is 38.1 Å². The number of benzene rings is 2. The van der Waals surface area contributed by atoms with E-state index in [4.69, 9.17) is 4.74 Å². The van der Waals surface area contributed by atoms with Crippen LogP contribution in [0.1, 0.15) is 28.4 Å². The Morgan fingerprint density at radius 1 is 1.00 bits per heavy atom. The summed E-state index contributed by atoms with van der Waals surface area (Å²) < 4.78 is 5.21. The number of nitrogens with one attached hydrogen (secondary N) is 1. The van der Waals surface area contributed by atoms with Gasteiger partial charge < -0.3 is 10.1 Å². The van der Waals surface area contributed by atoms with E-state index in [1.54, 1.807) is 31.2 Å². The van der Waals surface area contributed by atoms with Crippen molar-refractivity contribution in [3.8, 4) is 0 Å². The van der Waals surface area contributed by atoms with Crippen molar-refractivity contribution in [2.45, 2.75) is 26.9 Å². The van der Waals surface area contributed by atoms with Gasteiger partial charge >= 0.3 is 5.97 Å². The molecular formula is C18H19NO3. The fourth-order valence-corrected chi connectivity index (χ4v) is 1.92. The minimum Gasteiger partial charge on any atom is -0.449 e. The van der Waals surface area contributed by atoms with Crippen LogP contribution < -0.4 is 5.32 Å². The Kier molecular flexibility index (Phi) is 4.94. The summed E-state index contributed by atoms with van der Waals surface area (Å²) in [5, 5.41) is 2.70. The highest BCUT2D eigenvalue weighted by Crippen LogP contribution is 2.12. The summed E-state index contributed by atoms with van der Waals surface area (Å²) in [6.45, 7) is 5.45. The van der Waals surface area contributed by atoms with E-state index in [0.717, 1.165) is 11.1 Å². The van der Waals surface area contributed by atoms with E-state index in [-0.39, 0.29) is 5.91 Å². The number of rotatable bonds is 4. The molecule has 0 saturated heterocycles. The highest BCUT2D eigenvalue weighted by atomic mass is 16.5. The number of hydrogen-bond acceptors (Lipinski definition) is 3. The van der Waals surface area contributed by atoms with Crippen LogP contribution in [0.5, 0.6) is 0 Å². The second kappa shape index (κ2) is 6.89. The van der Waals surface area contributed by atoms with Crippen LogP contribution in [-0.2, 0) is 9.53 Å². The molecular weight excluding hydrogens is 278 g/mol. The molecule has 4 heteroatoms. The van der Waals surface area contributed by atoms with Gasteiger partial charge in [0.15, 0.2) is 6.10 Å². The minimum absolute atomic E-state index is 0.358. The minimum atomic E-state index is -0.866. The number of para-hydroxylation sites is 1. The number of esters is 1. The Morgan fingerprint density at radius 2 is 1.68 bits per heavy atom. The molecule has 0 unspecified atom stereocenters. The first-order valence-corrected chi connectivity index (χ1v) is 7.11. The topological polar surface area (TPSA) is 55.4 Å². The van der Waals surface area contributed by atoms with Gasteiger partial charge in [0, 0.05) is 5.69 Å². The smallest absolute Gasteiger partial charge is 0.338 e. The molecule has 0 aliphatic carbocycles. The molecule has 2 aromatic carbocycles. The highest BCUT2D eigenvalue weighted by molar-refractivity contribution is 5.97. The van der Waals surface area contributed by atoms with Gasteiger partial charge in [0.1, 0.15) is 0 Å². The first-order chi connectivity index (χ1) is 10.5. The maximum Gasteiger partial charge on any atom is 0.338 e. The van der Waals surface area contributed by atoms with Crippen molar-refractivity contribution in [2.24, 2.45) is 0 Å². The standard InChI is InChI=1S/C18H19NO3/c1-12-9-10-15(11-13(12)2)18(21)22-14(3)17(20)19-16-7-5-4-6-8-16/h4-11,14H,1-3H3,(H,19,20)/t14-/m0/s1. The SMILES string of the molecule is Cc1ccc(C(=O)O[C@@H](C)C(=O)Nc2ccccc2)cc1C. The van der Waals surface area contributed by atoms with E-state index in [0.29, 0.717) is 11.3 Å². The van der Waals surface area contributed by atoms with E-state index >= 15 is 0 Å². The predicted molar refractivity (Wildman–Crippen MR) is 85.9 cm³/mol. The normalized spacial score (nSPS) is 11.6. The van der Waals surface area contributed by atoms with Crippen LogP contribution in [0.3, 0.4) is 0 Å². The molecule has 0 bridgehead atoms. The molecule has 0 aliphatic rings. The van der Waals surface area contributed by atoms with Crippen LogP contribution in [0.2, 0.25) is 0 Å². The Bertz CT molecular complexity index is 680. The summed E-state index contributed by atoms with van der Waals surface area (Å²) >= 11 is 0. The van der Waals surface area contributed by atoms with Gasteiger partial charge in [-0.15, -0.1) is 0 Å². The van der Waals surface area contributed by atoms with Crippen molar-refractivity contribution < 1.29 is 14.3 Å². The molecule has 0 heterocycles. The van der Waals surface area contributed by atoms with Gasteiger partial charge in [-0.05, 0) is 56.2 Å². The fraction of sp³-hybridized carbons (Fsp3) is 0.222. The van der Waals surface area contributed by atoms with Gasteiger partial charge in [0.25, 0.3) is 5.91 Å². The maximum absolute atomic E-state index is 12.1. The number of hydrogen-bond donors (Lipinski definition) is 1. The first kappa shape index (κ1) is 15.8. The predicted octanol–water partition coefficient (Wildman–Crippen LogP) is 3.49. The second-order valence-corrected chi connectivity index (χ2v) is 5.20. The summed E-state index contributed by atoms with van der Waals surface area (Å²) in [6.07, 6.45) is -0.866. The molecule has 0 saturated carbocycles. The van der Waals surface area contributed by atoms with Crippen LogP contribution >= 0.6 is 0 Å². The molecule has 1 atom stereocenters.